The van der Waals surface area contributed by atoms with E-state index in [1.54, 1.807) is 43.3 Å². The Kier molecular flexibility index (Phi) is 11.7. The fourth-order valence-corrected chi connectivity index (χ4v) is 7.65. The Hall–Kier alpha value is -6.48. The largest absolute Gasteiger partial charge is 0.287 e. The van der Waals surface area contributed by atoms with Crippen LogP contribution < -0.4 is 11.1 Å². The highest BCUT2D eigenvalue weighted by Crippen LogP contribution is 2.32. The lowest BCUT2D eigenvalue weighted by molar-refractivity contribution is 0.507. The predicted molar refractivity (Wildman–Crippen MR) is 212 cm³/mol. The summed E-state index contributed by atoms with van der Waals surface area (Å²) in [6.07, 6.45) is 5.04. The Morgan fingerprint density at radius 2 is 1.07 bits per heavy atom. The van der Waals surface area contributed by atoms with E-state index in [2.05, 4.69) is 22.0 Å². The summed E-state index contributed by atoms with van der Waals surface area (Å²) in [5.74, 6) is 1.12. The number of rotatable bonds is 7. The molecule has 294 valence electrons. The Labute approximate surface area is 333 Å². The highest BCUT2D eigenvalue weighted by molar-refractivity contribution is 7.91. The van der Waals surface area contributed by atoms with Crippen LogP contribution in [0.15, 0.2) is 134 Å². The molecule has 0 saturated heterocycles. The number of hydrogen-bond donors (Lipinski definition) is 0. The molecule has 0 saturated carbocycles. The Balaban J connectivity index is 0.000000196. The van der Waals surface area contributed by atoms with Crippen LogP contribution in [-0.4, -0.2) is 48.9 Å². The molecule has 3 heterocycles. The van der Waals surface area contributed by atoms with E-state index < -0.39 is 54.1 Å². The molecule has 4 aromatic carbocycles. The van der Waals surface area contributed by atoms with Crippen LogP contribution >= 0.6 is 11.3 Å². The molecule has 7 rings (SSSR count). The lowest BCUT2D eigenvalue weighted by Crippen LogP contribution is -2.24. The molecule has 0 radical (unpaired) electrons. The summed E-state index contributed by atoms with van der Waals surface area (Å²) in [6, 6.07) is 21.8. The number of hydrogen-bond acceptors (Lipinski definition) is 9. The van der Waals surface area contributed by atoms with Gasteiger partial charge in [-0.1, -0.05) is 36.3 Å². The van der Waals surface area contributed by atoms with Gasteiger partial charge in [-0.25, -0.2) is 34.4 Å². The molecule has 7 aromatic rings. The quantitative estimate of drug-likeness (QED) is 0.121. The zero-order chi connectivity index (χ0) is 41.9. The smallest absolute Gasteiger partial charge is 0.267 e. The van der Waals surface area contributed by atoms with E-state index in [1.807, 2.05) is 5.38 Å². The number of halogens is 4. The molecule has 0 amide bonds. The second-order valence-electron chi connectivity index (χ2n) is 12.4. The van der Waals surface area contributed by atoms with Gasteiger partial charge in [-0.2, -0.15) is 19.6 Å². The summed E-state index contributed by atoms with van der Waals surface area (Å²) in [4.78, 5) is 27.1. The SMILES string of the molecule is CC#Cc1c(-c2ccc(S(C)(=O)=O)cc2)cnn(-c2ccc(F)c(F)c2)c1=O.CS(=O)(=O)c1ccc(-c2cnn(-c3ccc(F)c(F)c3)c(=O)c2-c2cccs2)cc1. The van der Waals surface area contributed by atoms with Crippen molar-refractivity contribution in [2.75, 3.05) is 12.5 Å². The van der Waals surface area contributed by atoms with E-state index in [9.17, 15) is 44.0 Å². The normalized spacial score (nSPS) is 11.3. The van der Waals surface area contributed by atoms with E-state index in [0.717, 1.165) is 46.1 Å². The van der Waals surface area contributed by atoms with Gasteiger partial charge in [-0.05, 0) is 78.0 Å². The number of thiophene rings is 1. The van der Waals surface area contributed by atoms with Gasteiger partial charge in [0.05, 0.1) is 39.1 Å². The van der Waals surface area contributed by atoms with Gasteiger partial charge in [0.15, 0.2) is 42.9 Å². The van der Waals surface area contributed by atoms with Crippen molar-refractivity contribution in [1.82, 2.24) is 19.6 Å². The first-order valence-electron chi connectivity index (χ1n) is 16.7. The van der Waals surface area contributed by atoms with Gasteiger partial charge >= 0.3 is 0 Å². The topological polar surface area (TPSA) is 138 Å². The monoisotopic (exact) mass is 844 g/mol. The van der Waals surface area contributed by atoms with Gasteiger partial charge in [0.1, 0.15) is 5.56 Å². The van der Waals surface area contributed by atoms with Crippen LogP contribution in [-0.2, 0) is 19.7 Å². The Bertz CT molecular complexity index is 3100. The van der Waals surface area contributed by atoms with Crippen LogP contribution in [0.1, 0.15) is 12.5 Å². The van der Waals surface area contributed by atoms with Crippen LogP contribution in [0.2, 0.25) is 0 Å². The molecule has 0 bridgehead atoms. The van der Waals surface area contributed by atoms with Crippen LogP contribution in [0.25, 0.3) is 44.1 Å². The van der Waals surface area contributed by atoms with E-state index in [4.69, 9.17) is 0 Å². The fourth-order valence-electron chi connectivity index (χ4n) is 5.61. The van der Waals surface area contributed by atoms with E-state index in [1.165, 1.54) is 60.1 Å². The Morgan fingerprint density at radius 1 is 0.603 bits per heavy atom. The summed E-state index contributed by atoms with van der Waals surface area (Å²) >= 11 is 1.34. The second kappa shape index (κ2) is 16.5. The minimum Gasteiger partial charge on any atom is -0.267 e. The minimum absolute atomic E-state index is 0.0574. The third-order valence-electron chi connectivity index (χ3n) is 8.46. The van der Waals surface area contributed by atoms with Gasteiger partial charge in [0.2, 0.25) is 0 Å². The average molecular weight is 845 g/mol. The zero-order valence-electron chi connectivity index (χ0n) is 30.4. The number of nitrogens with zero attached hydrogens (tertiary/aromatic N) is 4. The van der Waals surface area contributed by atoms with Crippen molar-refractivity contribution < 1.29 is 34.4 Å². The second-order valence-corrected chi connectivity index (χ2v) is 17.4. The molecule has 0 N–H and O–H groups in total. The summed E-state index contributed by atoms with van der Waals surface area (Å²) in [6.45, 7) is 1.55. The highest BCUT2D eigenvalue weighted by atomic mass is 32.2. The molecule has 17 heteroatoms. The van der Waals surface area contributed by atoms with Crippen LogP contribution in [0.3, 0.4) is 0 Å². The molecule has 3 aromatic heterocycles. The first-order chi connectivity index (χ1) is 27.5. The van der Waals surface area contributed by atoms with Gasteiger partial charge in [0, 0.05) is 40.6 Å². The molecule has 0 aliphatic carbocycles. The van der Waals surface area contributed by atoms with Crippen molar-refractivity contribution in [2.24, 2.45) is 0 Å². The van der Waals surface area contributed by atoms with Crippen molar-refractivity contribution in [3.8, 4) is 55.9 Å². The van der Waals surface area contributed by atoms with Crippen LogP contribution in [0.5, 0.6) is 0 Å². The lowest BCUT2D eigenvalue weighted by Gasteiger charge is -2.12. The van der Waals surface area contributed by atoms with E-state index in [0.29, 0.717) is 32.7 Å². The Morgan fingerprint density at radius 3 is 1.50 bits per heavy atom. The molecular formula is C41H28F4N4O6S3. The summed E-state index contributed by atoms with van der Waals surface area (Å²) < 4.78 is 102. The number of benzene rings is 4. The third kappa shape index (κ3) is 8.74. The predicted octanol–water partition coefficient (Wildman–Crippen LogP) is 7.26. The number of aromatic nitrogens is 4. The maximum atomic E-state index is 13.7. The lowest BCUT2D eigenvalue weighted by atomic mass is 10.0. The van der Waals surface area contributed by atoms with Crippen molar-refractivity contribution in [3.63, 3.8) is 0 Å². The summed E-state index contributed by atoms with van der Waals surface area (Å²) in [5.41, 5.74) is 1.53. The van der Waals surface area contributed by atoms with Crippen molar-refractivity contribution in [1.29, 1.82) is 0 Å². The van der Waals surface area contributed by atoms with Crippen LogP contribution in [0, 0.1) is 35.1 Å². The fraction of sp³-hybridized carbons (Fsp3) is 0.0732. The molecular weight excluding hydrogens is 817 g/mol. The molecule has 0 aliphatic heterocycles. The van der Waals surface area contributed by atoms with Crippen molar-refractivity contribution in [2.45, 2.75) is 16.7 Å². The van der Waals surface area contributed by atoms with Gasteiger partial charge in [-0.15, -0.1) is 17.3 Å². The van der Waals surface area contributed by atoms with E-state index >= 15 is 0 Å². The maximum Gasteiger partial charge on any atom is 0.287 e. The number of sulfone groups is 2. The van der Waals surface area contributed by atoms with Gasteiger partial charge < -0.3 is 0 Å². The van der Waals surface area contributed by atoms with Crippen LogP contribution in [0.4, 0.5) is 17.6 Å². The summed E-state index contributed by atoms with van der Waals surface area (Å²) in [7, 11) is -6.72. The van der Waals surface area contributed by atoms with E-state index in [-0.39, 0.29) is 26.7 Å². The summed E-state index contributed by atoms with van der Waals surface area (Å²) in [5, 5.41) is 9.99. The standard InChI is InChI=1S/C21H14F2N2O3S2.C20H14F2N2O3S/c1-30(27,28)15-7-4-13(5-8-15)16-12-24-25(14-6-9-17(22)18(23)11-14)21(26)20(16)19-3-2-10-29-19;1-3-4-16-17(13-5-8-15(9-6-13)28(2,26)27)12-23-24(20(16)25)14-7-10-18(21)19(22)11-14/h2-12H,1H3;5-12H,1-2H3. The molecule has 0 spiro atoms. The van der Waals surface area contributed by atoms with Crippen molar-refractivity contribution >= 4 is 31.0 Å². The molecule has 0 unspecified atom stereocenters. The highest BCUT2D eigenvalue weighted by Gasteiger charge is 2.19. The van der Waals surface area contributed by atoms with Gasteiger partial charge in [0.25, 0.3) is 11.1 Å². The molecule has 10 nitrogen and oxygen atoms in total. The molecule has 0 atom stereocenters. The van der Waals surface area contributed by atoms with Gasteiger partial charge in [-0.3, -0.25) is 9.59 Å². The first-order valence-corrected chi connectivity index (χ1v) is 21.4. The first kappa shape index (κ1) is 41.2. The molecule has 0 fully saturated rings. The molecule has 58 heavy (non-hydrogen) atoms. The minimum atomic E-state index is -3.36. The third-order valence-corrected chi connectivity index (χ3v) is 11.6. The average Bonchev–Trinajstić information content (AvgIpc) is 3.72. The zero-order valence-corrected chi connectivity index (χ0v) is 32.9. The molecule has 0 aliphatic rings. The van der Waals surface area contributed by atoms with Crippen molar-refractivity contribution in [3.05, 3.63) is 164 Å². The maximum absolute atomic E-state index is 13.7.